The van der Waals surface area contributed by atoms with E-state index in [1.807, 2.05) is 57.2 Å². The molecule has 0 heterocycles. The lowest BCUT2D eigenvalue weighted by molar-refractivity contribution is -0.0500. The van der Waals surface area contributed by atoms with Crippen molar-refractivity contribution < 1.29 is 25.8 Å². The van der Waals surface area contributed by atoms with E-state index in [2.05, 4.69) is 43.2 Å². The van der Waals surface area contributed by atoms with Crippen LogP contribution in [0.2, 0.25) is 0 Å². The third-order valence-corrected chi connectivity index (χ3v) is 6.91. The Morgan fingerprint density at radius 2 is 1.16 bits per heavy atom. The summed E-state index contributed by atoms with van der Waals surface area (Å²) >= 11 is 0. The molecule has 4 rings (SSSR count). The van der Waals surface area contributed by atoms with Crippen LogP contribution in [0.4, 0.5) is 13.2 Å². The second-order valence-electron chi connectivity index (χ2n) is 11.0. The van der Waals surface area contributed by atoms with E-state index in [0.29, 0.717) is 10.9 Å². The molecule has 0 saturated carbocycles. The van der Waals surface area contributed by atoms with E-state index in [1.165, 1.54) is 23.1 Å². The zero-order valence-electron chi connectivity index (χ0n) is 22.1. The molecule has 0 amide bonds. The summed E-state index contributed by atoms with van der Waals surface area (Å²) in [6.45, 7) is 12.2. The number of fused-ring (bicyclic) bond motifs is 2. The molecule has 0 unspecified atom stereocenters. The first-order valence-electron chi connectivity index (χ1n) is 11.9. The zero-order valence-corrected chi connectivity index (χ0v) is 23.0. The van der Waals surface area contributed by atoms with Gasteiger partial charge in [-0.1, -0.05) is 90.1 Å². The average molecular weight is 542 g/mol. The van der Waals surface area contributed by atoms with E-state index in [9.17, 15) is 21.6 Å². The number of alkyl halides is 3. The van der Waals surface area contributed by atoms with Gasteiger partial charge < -0.3 is 4.18 Å². The van der Waals surface area contributed by atoms with Gasteiger partial charge >= 0.3 is 15.6 Å². The summed E-state index contributed by atoms with van der Waals surface area (Å²) in [7, 11) is -5.68. The van der Waals surface area contributed by atoms with Gasteiger partial charge in [-0.3, -0.25) is 0 Å². The Balaban J connectivity index is 0.000000221. The van der Waals surface area contributed by atoms with Crippen LogP contribution < -0.4 is 4.18 Å². The molecule has 0 fully saturated rings. The molecule has 0 saturated heterocycles. The molecule has 4 nitrogen and oxygen atoms in total. The van der Waals surface area contributed by atoms with Crippen molar-refractivity contribution in [1.82, 2.24) is 0 Å². The van der Waals surface area contributed by atoms with Crippen molar-refractivity contribution in [2.45, 2.75) is 57.9 Å². The Labute approximate surface area is 221 Å². The topological polar surface area (TPSA) is 67.2 Å². The molecular formula is C30H30F3NO3S. The Morgan fingerprint density at radius 1 is 0.711 bits per heavy atom. The lowest BCUT2D eigenvalue weighted by Gasteiger charge is -2.22. The maximum atomic E-state index is 12.5. The lowest BCUT2D eigenvalue weighted by atomic mass is 9.83. The number of nitrogens with zero attached hydrogens (tertiary/aromatic N) is 1. The summed E-state index contributed by atoms with van der Waals surface area (Å²) < 4.78 is 64.0. The maximum absolute atomic E-state index is 12.5. The predicted octanol–water partition coefficient (Wildman–Crippen LogP) is 8.37. The van der Waals surface area contributed by atoms with Crippen LogP contribution in [0, 0.1) is 11.3 Å². The van der Waals surface area contributed by atoms with E-state index >= 15 is 0 Å². The van der Waals surface area contributed by atoms with Gasteiger partial charge in [0.1, 0.15) is 5.75 Å². The minimum atomic E-state index is -5.68. The highest BCUT2D eigenvalue weighted by molar-refractivity contribution is 7.88. The number of hydrogen-bond acceptors (Lipinski definition) is 4. The van der Waals surface area contributed by atoms with Crippen molar-refractivity contribution in [2.75, 3.05) is 0 Å². The van der Waals surface area contributed by atoms with E-state index in [-0.39, 0.29) is 16.6 Å². The van der Waals surface area contributed by atoms with Crippen molar-refractivity contribution in [3.8, 4) is 11.8 Å². The summed E-state index contributed by atoms with van der Waals surface area (Å²) in [6.07, 6.45) is 0. The summed E-state index contributed by atoms with van der Waals surface area (Å²) in [6, 6.07) is 24.1. The lowest BCUT2D eigenvalue weighted by Crippen LogP contribution is -2.28. The summed E-state index contributed by atoms with van der Waals surface area (Å²) in [5, 5.41) is 12.9. The third kappa shape index (κ3) is 6.46. The minimum absolute atomic E-state index is 0.0620. The molecule has 0 atom stereocenters. The molecule has 200 valence electrons. The largest absolute Gasteiger partial charge is 0.534 e. The van der Waals surface area contributed by atoms with Crippen molar-refractivity contribution in [3.05, 3.63) is 89.5 Å². The minimum Gasteiger partial charge on any atom is -0.376 e. The number of hydrogen-bond donors (Lipinski definition) is 0. The standard InChI is InChI=1S/C15H15F3O3S.C15H15N/c1-14(2,3)13-9-11(21-22(19,20)15(16,17)18)8-10-6-4-5-7-12(10)13;1-15(2,3)14-9-11(10-16)8-12-6-4-5-7-13(12)14/h4-9H,1-3H3;4-9H,1-3H3. The van der Waals surface area contributed by atoms with Crippen LogP contribution >= 0.6 is 0 Å². The molecule has 0 N–H and O–H groups in total. The number of halogens is 3. The van der Waals surface area contributed by atoms with E-state index in [0.717, 1.165) is 16.3 Å². The molecule has 0 spiro atoms. The molecule has 4 aromatic carbocycles. The molecule has 8 heteroatoms. The zero-order chi connectivity index (χ0) is 28.5. The summed E-state index contributed by atoms with van der Waals surface area (Å²) in [5.41, 5.74) is -3.10. The van der Waals surface area contributed by atoms with Gasteiger partial charge in [0.25, 0.3) is 0 Å². The van der Waals surface area contributed by atoms with Crippen LogP contribution in [0.1, 0.15) is 58.2 Å². The van der Waals surface area contributed by atoms with Crippen LogP contribution in [0.25, 0.3) is 21.5 Å². The fourth-order valence-electron chi connectivity index (χ4n) is 4.12. The highest BCUT2D eigenvalue weighted by Gasteiger charge is 2.48. The molecular weight excluding hydrogens is 511 g/mol. The van der Waals surface area contributed by atoms with Gasteiger partial charge in [-0.15, -0.1) is 0 Å². The van der Waals surface area contributed by atoms with Crippen LogP contribution in [0.15, 0.2) is 72.8 Å². The average Bonchev–Trinajstić information content (AvgIpc) is 2.81. The van der Waals surface area contributed by atoms with E-state index < -0.39 is 15.6 Å². The summed E-state index contributed by atoms with van der Waals surface area (Å²) in [5.74, 6) is -0.346. The van der Waals surface area contributed by atoms with Gasteiger partial charge in [-0.05, 0) is 67.8 Å². The molecule has 0 bridgehead atoms. The van der Waals surface area contributed by atoms with Crippen molar-refractivity contribution >= 4 is 31.7 Å². The first-order valence-corrected chi connectivity index (χ1v) is 13.3. The second-order valence-corrected chi connectivity index (χ2v) is 12.6. The maximum Gasteiger partial charge on any atom is 0.534 e. The van der Waals surface area contributed by atoms with Crippen molar-refractivity contribution in [1.29, 1.82) is 5.26 Å². The summed E-state index contributed by atoms with van der Waals surface area (Å²) in [4.78, 5) is 0. The molecule has 4 aromatic rings. The Morgan fingerprint density at radius 3 is 1.61 bits per heavy atom. The first kappa shape index (κ1) is 29.0. The van der Waals surface area contributed by atoms with Crippen LogP contribution in [-0.4, -0.2) is 13.9 Å². The van der Waals surface area contributed by atoms with E-state index in [4.69, 9.17) is 5.26 Å². The van der Waals surface area contributed by atoms with Crippen LogP contribution in [0.5, 0.6) is 5.75 Å². The van der Waals surface area contributed by atoms with Crippen molar-refractivity contribution in [2.24, 2.45) is 0 Å². The fraction of sp³-hybridized carbons (Fsp3) is 0.300. The predicted molar refractivity (Wildman–Crippen MR) is 146 cm³/mol. The Kier molecular flexibility index (Phi) is 7.86. The van der Waals surface area contributed by atoms with Gasteiger partial charge in [0, 0.05) is 0 Å². The highest BCUT2D eigenvalue weighted by atomic mass is 32.2. The molecule has 0 aliphatic rings. The van der Waals surface area contributed by atoms with Crippen molar-refractivity contribution in [3.63, 3.8) is 0 Å². The van der Waals surface area contributed by atoms with Gasteiger partial charge in [-0.2, -0.15) is 26.9 Å². The second kappa shape index (κ2) is 10.3. The quantitative estimate of drug-likeness (QED) is 0.189. The monoisotopic (exact) mass is 541 g/mol. The molecule has 0 radical (unpaired) electrons. The number of rotatable bonds is 2. The Bertz CT molecular complexity index is 1620. The van der Waals surface area contributed by atoms with Gasteiger partial charge in [0.2, 0.25) is 0 Å². The SMILES string of the molecule is CC(C)(C)c1cc(C#N)cc2ccccc12.CC(C)(C)c1cc(OS(=O)(=O)C(F)(F)F)cc2ccccc12. The van der Waals surface area contributed by atoms with Gasteiger partial charge in [0.15, 0.2) is 0 Å². The Hall–Kier alpha value is -3.57. The molecule has 0 aliphatic carbocycles. The van der Waals surface area contributed by atoms with Gasteiger partial charge in [0.05, 0.1) is 11.6 Å². The molecule has 0 aromatic heterocycles. The van der Waals surface area contributed by atoms with Crippen LogP contribution in [-0.2, 0) is 20.9 Å². The first-order chi connectivity index (χ1) is 17.4. The van der Waals surface area contributed by atoms with E-state index in [1.54, 1.807) is 12.1 Å². The normalized spacial score (nSPS) is 12.5. The molecule has 0 aliphatic heterocycles. The third-order valence-electron chi connectivity index (χ3n) is 5.93. The van der Waals surface area contributed by atoms with Crippen LogP contribution in [0.3, 0.4) is 0 Å². The number of nitriles is 1. The van der Waals surface area contributed by atoms with Gasteiger partial charge in [-0.25, -0.2) is 0 Å². The highest BCUT2D eigenvalue weighted by Crippen LogP contribution is 2.36. The molecule has 38 heavy (non-hydrogen) atoms. The number of benzene rings is 4. The fourth-order valence-corrected chi connectivity index (χ4v) is 4.57. The smallest absolute Gasteiger partial charge is 0.376 e.